The van der Waals surface area contributed by atoms with Crippen molar-refractivity contribution in [3.63, 3.8) is 0 Å². The molecule has 0 saturated heterocycles. The summed E-state index contributed by atoms with van der Waals surface area (Å²) in [6.07, 6.45) is 7.57. The van der Waals surface area contributed by atoms with E-state index < -0.39 is 21.7 Å². The molecule has 11 rings (SSSR count). The van der Waals surface area contributed by atoms with E-state index in [-0.39, 0.29) is 22.3 Å². The van der Waals surface area contributed by atoms with Crippen LogP contribution in [-0.4, -0.2) is 72.1 Å². The highest BCUT2D eigenvalue weighted by Gasteiger charge is 2.24. The Balaban J connectivity index is 0.000000198. The van der Waals surface area contributed by atoms with Crippen molar-refractivity contribution in [3.8, 4) is 22.5 Å². The largest absolute Gasteiger partial charge is 0.444 e. The summed E-state index contributed by atoms with van der Waals surface area (Å²) in [7, 11) is -3.88. The first kappa shape index (κ1) is 52.0. The molecular weight excluding hydrogens is 1030 g/mol. The minimum absolute atomic E-state index is 0. The lowest BCUT2D eigenvalue weighted by molar-refractivity contribution is 0.0528. The number of fused-ring (bicyclic) bond motifs is 4. The quantitative estimate of drug-likeness (QED) is 0.0575. The summed E-state index contributed by atoms with van der Waals surface area (Å²) in [5.74, 6) is 0.785. The van der Waals surface area contributed by atoms with Crippen molar-refractivity contribution in [2.75, 3.05) is 23.7 Å². The van der Waals surface area contributed by atoms with E-state index in [0.717, 1.165) is 67.5 Å². The normalized spacial score (nSPS) is 11.6. The zero-order chi connectivity index (χ0) is 51.6. The molecule has 75 heavy (non-hydrogen) atoms. The van der Waals surface area contributed by atoms with Crippen LogP contribution in [0.1, 0.15) is 32.2 Å². The van der Waals surface area contributed by atoms with Crippen molar-refractivity contribution in [1.29, 1.82) is 0 Å². The Bertz CT molecular complexity index is 3960. The van der Waals surface area contributed by atoms with E-state index in [0.29, 0.717) is 64.3 Å². The number of nitrogens with two attached hydrogens (primary N) is 1. The van der Waals surface area contributed by atoms with Gasteiger partial charge in [-0.2, -0.15) is 0 Å². The summed E-state index contributed by atoms with van der Waals surface area (Å²) in [5, 5.41) is 14.0. The molecule has 20 heteroatoms. The third kappa shape index (κ3) is 11.6. The van der Waals surface area contributed by atoms with Crippen molar-refractivity contribution >= 4 is 119 Å². The molecule has 0 aliphatic rings. The van der Waals surface area contributed by atoms with Crippen LogP contribution in [0.4, 0.5) is 28.1 Å². The molecule has 0 spiro atoms. The lowest BCUT2D eigenvalue weighted by atomic mass is 10.1. The number of anilines is 4. The Morgan fingerprint density at radius 2 is 1.25 bits per heavy atom. The van der Waals surface area contributed by atoms with Crippen LogP contribution in [0.3, 0.4) is 0 Å². The molecule has 0 unspecified atom stereocenters. The lowest BCUT2D eigenvalue weighted by Crippen LogP contribution is -2.33. The smallest absolute Gasteiger partial charge is 0.407 e. The van der Waals surface area contributed by atoms with E-state index in [2.05, 4.69) is 58.0 Å². The average Bonchev–Trinajstić information content (AvgIpc) is 4.20. The first-order chi connectivity index (χ1) is 35.7. The number of amides is 1. The highest BCUT2D eigenvalue weighted by Crippen LogP contribution is 2.37. The number of nitrogens with zero attached hydrogens (tertiary/aromatic N) is 5. The summed E-state index contributed by atoms with van der Waals surface area (Å²) in [5.41, 5.74) is 14.9. The predicted molar refractivity (Wildman–Crippen MR) is 302 cm³/mol. The fraction of sp³-hybridized carbons (Fsp3) is 0.145. The number of hydrogen-bond acceptors (Lipinski definition) is 11. The van der Waals surface area contributed by atoms with Crippen molar-refractivity contribution in [3.05, 3.63) is 174 Å². The zero-order valence-corrected chi connectivity index (χ0v) is 43.9. The molecular formula is C55H51Cl3N12O4S. The first-order valence-electron chi connectivity index (χ1n) is 23.7. The van der Waals surface area contributed by atoms with Gasteiger partial charge in [0.2, 0.25) is 11.9 Å². The molecule has 0 radical (unpaired) electrons. The Kier molecular flexibility index (Phi) is 15.2. The van der Waals surface area contributed by atoms with Crippen LogP contribution in [0.25, 0.3) is 66.1 Å². The maximum atomic E-state index is 13.6. The monoisotopic (exact) mass is 1080 g/mol. The van der Waals surface area contributed by atoms with Crippen molar-refractivity contribution in [2.45, 2.75) is 44.1 Å². The SMILES string of the molecule is CC(C)(C)OC(=O)NCCc1cc2ccc(Nc3ncc(Cl)c(-c4cn(S(=O)(=O)c5ccccc5)c5ccccc45)n3)cc2[nH]1.Cl.NCCc1cc2ccc(Nc3ncc(Cl)c(-c4c[nH]c5ccccc45)n3)cc2[nH]1. The van der Waals surface area contributed by atoms with Gasteiger partial charge in [0.1, 0.15) is 5.60 Å². The molecule has 0 aliphatic heterocycles. The third-order valence-electron chi connectivity index (χ3n) is 11.9. The van der Waals surface area contributed by atoms with Gasteiger partial charge in [0.25, 0.3) is 10.0 Å². The molecule has 6 aromatic heterocycles. The van der Waals surface area contributed by atoms with Crippen molar-refractivity contribution < 1.29 is 17.9 Å². The fourth-order valence-corrected chi connectivity index (χ4v) is 10.3. The van der Waals surface area contributed by atoms with E-state index in [1.54, 1.807) is 54.9 Å². The van der Waals surface area contributed by atoms with Crippen molar-refractivity contribution in [2.24, 2.45) is 5.73 Å². The van der Waals surface area contributed by atoms with Gasteiger partial charge >= 0.3 is 6.09 Å². The summed E-state index contributed by atoms with van der Waals surface area (Å²) in [6.45, 7) is 6.52. The molecule has 0 fully saturated rings. The number of halogens is 3. The summed E-state index contributed by atoms with van der Waals surface area (Å²) < 4.78 is 33.7. The highest BCUT2D eigenvalue weighted by atomic mass is 35.5. The number of aromatic nitrogens is 8. The second-order valence-corrected chi connectivity index (χ2v) is 21.0. The number of hydrogen-bond donors (Lipinski definition) is 7. The van der Waals surface area contributed by atoms with Gasteiger partial charge in [-0.1, -0.05) is 89.9 Å². The molecule has 6 heterocycles. The van der Waals surface area contributed by atoms with Crippen LogP contribution in [0.5, 0.6) is 0 Å². The van der Waals surface area contributed by atoms with E-state index in [4.69, 9.17) is 38.7 Å². The number of carbonyl (C=O) groups excluding carboxylic acids is 1. The van der Waals surface area contributed by atoms with Crippen LogP contribution in [0.15, 0.2) is 157 Å². The Hall–Kier alpha value is -7.93. The van der Waals surface area contributed by atoms with E-state index in [1.165, 1.54) is 10.2 Å². The van der Waals surface area contributed by atoms with Gasteiger partial charge in [0.05, 0.1) is 44.2 Å². The Morgan fingerprint density at radius 3 is 1.87 bits per heavy atom. The molecule has 0 bridgehead atoms. The lowest BCUT2D eigenvalue weighted by Gasteiger charge is -2.19. The second kappa shape index (κ2) is 21.9. The first-order valence-corrected chi connectivity index (χ1v) is 25.9. The Morgan fingerprint density at radius 1 is 0.693 bits per heavy atom. The zero-order valence-electron chi connectivity index (χ0n) is 40.8. The van der Waals surface area contributed by atoms with Gasteiger partial charge in [0.15, 0.2) is 0 Å². The predicted octanol–water partition coefficient (Wildman–Crippen LogP) is 12.7. The summed E-state index contributed by atoms with van der Waals surface area (Å²) >= 11 is 13.0. The second-order valence-electron chi connectivity index (χ2n) is 18.4. The molecule has 16 nitrogen and oxygen atoms in total. The van der Waals surface area contributed by atoms with Crippen LogP contribution < -0.4 is 21.7 Å². The average molecular weight is 1080 g/mol. The standard InChI is InChI=1S/C33H31ClN6O4S.C22H19ClN6.ClH/c1-33(2,3)44-32(41)35-16-15-23-17-21-13-14-22(18-28(21)37-23)38-31-36-19-27(34)30(39-31)26-20-40(29-12-8-7-11-25(26)29)45(42,43)24-9-5-4-6-10-24;23-18-12-26-22(29-21(18)17-11-25-19-4-2-1-3-16(17)19)28-14-6-5-13-9-15(7-8-24)27-20(13)10-14;/h4-14,17-20,37H,15-16H2,1-3H3,(H,35,41)(H,36,38,39);1-6,9-12,25,27H,7-8,24H2,(H,26,28,29);1H. The minimum Gasteiger partial charge on any atom is -0.444 e. The summed E-state index contributed by atoms with van der Waals surface area (Å²) in [4.78, 5) is 40.3. The van der Waals surface area contributed by atoms with Crippen molar-refractivity contribution in [1.82, 2.24) is 44.2 Å². The molecule has 0 atom stereocenters. The number of alkyl carbamates (subject to hydrolysis) is 1. The maximum absolute atomic E-state index is 13.6. The number of benzene rings is 5. The van der Waals surface area contributed by atoms with Gasteiger partial charge in [0, 0.05) is 86.6 Å². The van der Waals surface area contributed by atoms with Crippen LogP contribution in [0.2, 0.25) is 10.0 Å². The molecule has 382 valence electrons. The van der Waals surface area contributed by atoms with Crippen LogP contribution in [-0.2, 0) is 27.6 Å². The third-order valence-corrected chi connectivity index (χ3v) is 14.2. The molecule has 0 saturated carbocycles. The van der Waals surface area contributed by atoms with E-state index in [1.807, 2.05) is 99.8 Å². The highest BCUT2D eigenvalue weighted by molar-refractivity contribution is 7.90. The van der Waals surface area contributed by atoms with Gasteiger partial charge in [-0.15, -0.1) is 12.4 Å². The van der Waals surface area contributed by atoms with Crippen LogP contribution >= 0.6 is 35.6 Å². The number of aromatic amines is 3. The Labute approximate surface area is 448 Å². The number of para-hydroxylation sites is 2. The number of carbonyl (C=O) groups is 1. The fourth-order valence-electron chi connectivity index (χ4n) is 8.57. The number of nitrogens with one attached hydrogen (secondary N) is 6. The van der Waals surface area contributed by atoms with Gasteiger partial charge < -0.3 is 41.4 Å². The van der Waals surface area contributed by atoms with Gasteiger partial charge in [-0.3, -0.25) is 0 Å². The molecule has 11 aromatic rings. The number of rotatable bonds is 13. The van der Waals surface area contributed by atoms with E-state index >= 15 is 0 Å². The minimum atomic E-state index is -3.88. The van der Waals surface area contributed by atoms with Crippen LogP contribution in [0, 0.1) is 0 Å². The maximum Gasteiger partial charge on any atom is 0.407 e. The molecule has 0 aliphatic carbocycles. The number of ether oxygens (including phenoxy) is 1. The molecule has 8 N–H and O–H groups in total. The molecule has 1 amide bonds. The van der Waals surface area contributed by atoms with E-state index in [9.17, 15) is 13.2 Å². The van der Waals surface area contributed by atoms with Gasteiger partial charge in [-0.05, 0) is 105 Å². The number of H-pyrrole nitrogens is 3. The summed E-state index contributed by atoms with van der Waals surface area (Å²) in [6, 6.07) is 39.6. The topological polar surface area (TPSA) is 226 Å². The van der Waals surface area contributed by atoms with Gasteiger partial charge in [-0.25, -0.2) is 37.1 Å². The molecule has 5 aromatic carbocycles.